The van der Waals surface area contributed by atoms with Gasteiger partial charge >= 0.3 is 5.97 Å². The molecule has 0 bridgehead atoms. The minimum Gasteiger partial charge on any atom is -0.497 e. The quantitative estimate of drug-likeness (QED) is 0.216. The average molecular weight is 479 g/mol. The van der Waals surface area contributed by atoms with Crippen LogP contribution in [0.1, 0.15) is 28.4 Å². The topological polar surface area (TPSA) is 60.4 Å². The van der Waals surface area contributed by atoms with E-state index in [1.54, 1.807) is 27.2 Å². The summed E-state index contributed by atoms with van der Waals surface area (Å²) in [4.78, 5) is 19.6. The maximum absolute atomic E-state index is 12.5. The SMILES string of the molecule is CCOC(=O)c1ccccc1N=C(SC)N(Cc1ccc(OC)cc1)Cc1ccc(OC)cc1. The Hall–Kier alpha value is -3.45. The van der Waals surface area contributed by atoms with Gasteiger partial charge < -0.3 is 19.1 Å². The number of methoxy groups -OCH3 is 2. The molecule has 0 heterocycles. The van der Waals surface area contributed by atoms with E-state index in [1.165, 1.54) is 11.8 Å². The van der Waals surface area contributed by atoms with Crippen LogP contribution in [0, 0.1) is 0 Å². The zero-order chi connectivity index (χ0) is 24.3. The molecule has 178 valence electrons. The van der Waals surface area contributed by atoms with Crippen molar-refractivity contribution in [3.8, 4) is 11.5 Å². The highest BCUT2D eigenvalue weighted by molar-refractivity contribution is 8.13. The van der Waals surface area contributed by atoms with Gasteiger partial charge in [-0.15, -0.1) is 0 Å². The molecule has 0 atom stereocenters. The van der Waals surface area contributed by atoms with Crippen LogP contribution < -0.4 is 9.47 Å². The third-order valence-corrected chi connectivity index (χ3v) is 5.85. The van der Waals surface area contributed by atoms with E-state index in [4.69, 9.17) is 19.2 Å². The molecule has 3 aromatic rings. The summed E-state index contributed by atoms with van der Waals surface area (Å²) in [6.07, 6.45) is 1.99. The largest absolute Gasteiger partial charge is 0.497 e. The molecule has 0 aromatic heterocycles. The van der Waals surface area contributed by atoms with Crippen molar-refractivity contribution < 1.29 is 19.0 Å². The predicted molar refractivity (Wildman–Crippen MR) is 138 cm³/mol. The Morgan fingerprint density at radius 3 is 1.85 bits per heavy atom. The predicted octanol–water partition coefficient (Wildman–Crippen LogP) is 5.93. The van der Waals surface area contributed by atoms with Crippen LogP contribution in [-0.4, -0.2) is 43.1 Å². The van der Waals surface area contributed by atoms with Gasteiger partial charge in [0.1, 0.15) is 11.5 Å². The van der Waals surface area contributed by atoms with Crippen LogP contribution in [0.15, 0.2) is 77.8 Å². The Kier molecular flexibility index (Phi) is 9.40. The van der Waals surface area contributed by atoms with Crippen LogP contribution in [-0.2, 0) is 17.8 Å². The summed E-state index contributed by atoms with van der Waals surface area (Å²) >= 11 is 1.53. The smallest absolute Gasteiger partial charge is 0.340 e. The van der Waals surface area contributed by atoms with Crippen LogP contribution in [0.5, 0.6) is 11.5 Å². The zero-order valence-corrected chi connectivity index (χ0v) is 20.8. The fourth-order valence-electron chi connectivity index (χ4n) is 3.39. The van der Waals surface area contributed by atoms with Gasteiger partial charge in [-0.2, -0.15) is 0 Å². The van der Waals surface area contributed by atoms with Crippen LogP contribution in [0.3, 0.4) is 0 Å². The van der Waals surface area contributed by atoms with E-state index in [1.807, 2.05) is 73.0 Å². The molecular formula is C27H30N2O4S. The van der Waals surface area contributed by atoms with Gasteiger partial charge in [0.25, 0.3) is 0 Å². The first-order valence-electron chi connectivity index (χ1n) is 11.0. The zero-order valence-electron chi connectivity index (χ0n) is 20.0. The molecule has 0 fully saturated rings. The van der Waals surface area contributed by atoms with E-state index < -0.39 is 0 Å². The van der Waals surface area contributed by atoms with E-state index in [0.29, 0.717) is 30.9 Å². The molecule has 0 aliphatic carbocycles. The van der Waals surface area contributed by atoms with Gasteiger partial charge in [0.15, 0.2) is 5.17 Å². The molecule has 0 N–H and O–H groups in total. The van der Waals surface area contributed by atoms with Crippen LogP contribution in [0.2, 0.25) is 0 Å². The van der Waals surface area contributed by atoms with Crippen molar-refractivity contribution in [1.82, 2.24) is 4.90 Å². The number of para-hydroxylation sites is 1. The van der Waals surface area contributed by atoms with Crippen LogP contribution in [0.25, 0.3) is 0 Å². The maximum Gasteiger partial charge on any atom is 0.340 e. The van der Waals surface area contributed by atoms with E-state index in [0.717, 1.165) is 27.8 Å². The van der Waals surface area contributed by atoms with Gasteiger partial charge in [0.05, 0.1) is 32.1 Å². The molecular weight excluding hydrogens is 448 g/mol. The molecule has 0 aliphatic rings. The standard InChI is InChI=1S/C27H30N2O4S/c1-5-33-26(30)24-8-6-7-9-25(24)28-27(34-4)29(18-20-10-14-22(31-2)15-11-20)19-21-12-16-23(32-3)17-13-21/h6-17H,5,18-19H2,1-4H3. The highest BCUT2D eigenvalue weighted by atomic mass is 32.2. The van der Waals surface area contributed by atoms with Crippen molar-refractivity contribution >= 4 is 28.6 Å². The first kappa shape index (κ1) is 25.2. The molecule has 34 heavy (non-hydrogen) atoms. The Balaban J connectivity index is 1.97. The van der Waals surface area contributed by atoms with Gasteiger partial charge in [-0.25, -0.2) is 9.79 Å². The molecule has 0 spiro atoms. The van der Waals surface area contributed by atoms with Crippen molar-refractivity contribution in [2.75, 3.05) is 27.1 Å². The first-order chi connectivity index (χ1) is 16.6. The summed E-state index contributed by atoms with van der Waals surface area (Å²) < 4.78 is 15.8. The van der Waals surface area contributed by atoms with E-state index >= 15 is 0 Å². The number of nitrogens with zero attached hydrogens (tertiary/aromatic N) is 2. The van der Waals surface area contributed by atoms with Crippen molar-refractivity contribution in [3.63, 3.8) is 0 Å². The number of thioether (sulfide) groups is 1. The van der Waals surface area contributed by atoms with Crippen molar-refractivity contribution in [2.45, 2.75) is 20.0 Å². The summed E-state index contributed by atoms with van der Waals surface area (Å²) in [5.74, 6) is 1.25. The van der Waals surface area contributed by atoms with Gasteiger partial charge in [-0.3, -0.25) is 0 Å². The summed E-state index contributed by atoms with van der Waals surface area (Å²) in [5, 5.41) is 0.795. The minimum absolute atomic E-state index is 0.313. The minimum atomic E-state index is -0.376. The second kappa shape index (κ2) is 12.7. The fraction of sp³-hybridized carbons (Fsp3) is 0.259. The Bertz CT molecular complexity index is 1050. The number of amidine groups is 1. The third-order valence-electron chi connectivity index (χ3n) is 5.13. The molecule has 0 amide bonds. The van der Waals surface area contributed by atoms with E-state index in [2.05, 4.69) is 4.90 Å². The number of ether oxygens (including phenoxy) is 3. The molecule has 0 aliphatic heterocycles. The van der Waals surface area contributed by atoms with Gasteiger partial charge in [-0.1, -0.05) is 48.2 Å². The van der Waals surface area contributed by atoms with Crippen LogP contribution >= 0.6 is 11.8 Å². The van der Waals surface area contributed by atoms with Crippen LogP contribution in [0.4, 0.5) is 5.69 Å². The molecule has 0 radical (unpaired) electrons. The van der Waals surface area contributed by atoms with Gasteiger partial charge in [0, 0.05) is 13.1 Å². The number of aliphatic imine (C=N–C) groups is 1. The number of benzene rings is 3. The van der Waals surface area contributed by atoms with Crippen molar-refractivity contribution in [3.05, 3.63) is 89.5 Å². The summed E-state index contributed by atoms with van der Waals surface area (Å²) in [5.41, 5.74) is 3.27. The number of hydrogen-bond acceptors (Lipinski definition) is 6. The Labute approximate surface area is 205 Å². The lowest BCUT2D eigenvalue weighted by atomic mass is 10.1. The van der Waals surface area contributed by atoms with E-state index in [9.17, 15) is 4.79 Å². The number of carbonyl (C=O) groups excluding carboxylic acids is 1. The number of rotatable bonds is 9. The second-order valence-corrected chi connectivity index (χ2v) is 8.16. The molecule has 3 aromatic carbocycles. The monoisotopic (exact) mass is 478 g/mol. The Morgan fingerprint density at radius 2 is 1.38 bits per heavy atom. The number of carbonyl (C=O) groups is 1. The molecule has 3 rings (SSSR count). The van der Waals surface area contributed by atoms with Crippen molar-refractivity contribution in [2.24, 2.45) is 4.99 Å². The normalized spacial score (nSPS) is 11.1. The summed E-state index contributed by atoms with van der Waals surface area (Å²) in [7, 11) is 3.31. The molecule has 7 heteroatoms. The lowest BCUT2D eigenvalue weighted by molar-refractivity contribution is 0.0527. The van der Waals surface area contributed by atoms with E-state index in [-0.39, 0.29) is 5.97 Å². The summed E-state index contributed by atoms with van der Waals surface area (Å²) in [6, 6.07) is 23.3. The summed E-state index contributed by atoms with van der Waals surface area (Å²) in [6.45, 7) is 3.38. The molecule has 0 saturated heterocycles. The van der Waals surface area contributed by atoms with Gasteiger partial charge in [-0.05, 0) is 60.7 Å². The average Bonchev–Trinajstić information content (AvgIpc) is 2.88. The highest BCUT2D eigenvalue weighted by Gasteiger charge is 2.16. The molecule has 0 saturated carbocycles. The number of esters is 1. The lowest BCUT2D eigenvalue weighted by Gasteiger charge is -2.26. The maximum atomic E-state index is 12.5. The third kappa shape index (κ3) is 6.78. The Morgan fingerprint density at radius 1 is 0.853 bits per heavy atom. The lowest BCUT2D eigenvalue weighted by Crippen LogP contribution is -2.28. The fourth-order valence-corrected chi connectivity index (χ4v) is 3.97. The number of hydrogen-bond donors (Lipinski definition) is 0. The highest BCUT2D eigenvalue weighted by Crippen LogP contribution is 2.25. The van der Waals surface area contributed by atoms with Gasteiger partial charge in [0.2, 0.25) is 0 Å². The first-order valence-corrected chi connectivity index (χ1v) is 12.2. The second-order valence-electron chi connectivity index (χ2n) is 7.39. The van der Waals surface area contributed by atoms with Crippen molar-refractivity contribution in [1.29, 1.82) is 0 Å². The molecule has 6 nitrogen and oxygen atoms in total. The molecule has 0 unspecified atom stereocenters.